The van der Waals surface area contributed by atoms with Gasteiger partial charge in [-0.3, -0.25) is 0 Å². The second-order valence-electron chi connectivity index (χ2n) is 3.41. The van der Waals surface area contributed by atoms with Crippen LogP contribution in [0.15, 0.2) is 27.4 Å². The Labute approximate surface area is 88.9 Å². The number of fused-ring (bicyclic) bond motifs is 1. The Hall–Kier alpha value is -1.91. The lowest BCUT2D eigenvalue weighted by molar-refractivity contribution is 0.146. The quantitative estimate of drug-likeness (QED) is 0.760. The van der Waals surface area contributed by atoms with Crippen LogP contribution in [0.2, 0.25) is 0 Å². The zero-order valence-corrected chi connectivity index (χ0v) is 8.33. The van der Waals surface area contributed by atoms with E-state index < -0.39 is 17.6 Å². The Balaban J connectivity index is 2.89. The lowest BCUT2D eigenvalue weighted by Crippen LogP contribution is -2.10. The standard InChI is InChI=1S/C11H8F2O3/c1-5-7-3-2-6(14)4-8(7)16-11(15)9(5)10(12)13/h2-4,10,14H,1H3. The molecular formula is C11H8F2O3. The van der Waals surface area contributed by atoms with Gasteiger partial charge in [-0.25, -0.2) is 13.6 Å². The Bertz CT molecular complexity index is 602. The van der Waals surface area contributed by atoms with Crippen LogP contribution in [0.5, 0.6) is 5.75 Å². The van der Waals surface area contributed by atoms with E-state index in [1.165, 1.54) is 25.1 Å². The third-order valence-corrected chi connectivity index (χ3v) is 2.41. The Morgan fingerprint density at radius 1 is 1.38 bits per heavy atom. The van der Waals surface area contributed by atoms with Gasteiger partial charge in [-0.05, 0) is 24.6 Å². The molecule has 1 N–H and O–H groups in total. The van der Waals surface area contributed by atoms with E-state index in [1.807, 2.05) is 0 Å². The largest absolute Gasteiger partial charge is 0.508 e. The molecule has 0 spiro atoms. The molecule has 3 nitrogen and oxygen atoms in total. The van der Waals surface area contributed by atoms with E-state index in [-0.39, 0.29) is 16.9 Å². The van der Waals surface area contributed by atoms with Gasteiger partial charge in [-0.2, -0.15) is 0 Å². The maximum atomic E-state index is 12.6. The van der Waals surface area contributed by atoms with Crippen molar-refractivity contribution in [2.75, 3.05) is 0 Å². The second-order valence-corrected chi connectivity index (χ2v) is 3.41. The van der Waals surface area contributed by atoms with E-state index in [1.54, 1.807) is 0 Å². The average molecular weight is 226 g/mol. The van der Waals surface area contributed by atoms with Crippen molar-refractivity contribution in [3.05, 3.63) is 39.7 Å². The van der Waals surface area contributed by atoms with E-state index >= 15 is 0 Å². The first-order chi connectivity index (χ1) is 7.50. The van der Waals surface area contributed by atoms with Crippen LogP contribution >= 0.6 is 0 Å². The number of phenolic OH excluding ortho intramolecular Hbond substituents is 1. The molecule has 16 heavy (non-hydrogen) atoms. The van der Waals surface area contributed by atoms with Crippen molar-refractivity contribution in [1.29, 1.82) is 0 Å². The van der Waals surface area contributed by atoms with Crippen molar-refractivity contribution in [3.8, 4) is 5.75 Å². The number of aryl methyl sites for hydroxylation is 1. The van der Waals surface area contributed by atoms with Gasteiger partial charge in [0, 0.05) is 11.5 Å². The van der Waals surface area contributed by atoms with Gasteiger partial charge in [0.15, 0.2) is 0 Å². The third kappa shape index (κ3) is 1.54. The Morgan fingerprint density at radius 2 is 2.06 bits per heavy atom. The highest BCUT2D eigenvalue weighted by atomic mass is 19.3. The van der Waals surface area contributed by atoms with Crippen molar-refractivity contribution in [1.82, 2.24) is 0 Å². The van der Waals surface area contributed by atoms with Crippen molar-refractivity contribution in [2.24, 2.45) is 0 Å². The van der Waals surface area contributed by atoms with E-state index in [0.29, 0.717) is 5.39 Å². The van der Waals surface area contributed by atoms with Gasteiger partial charge < -0.3 is 9.52 Å². The predicted octanol–water partition coefficient (Wildman–Crippen LogP) is 2.74. The molecule has 0 saturated heterocycles. The average Bonchev–Trinajstić information content (AvgIpc) is 2.15. The predicted molar refractivity (Wildman–Crippen MR) is 53.8 cm³/mol. The molecule has 0 aliphatic carbocycles. The third-order valence-electron chi connectivity index (χ3n) is 2.41. The lowest BCUT2D eigenvalue weighted by atomic mass is 10.1. The molecule has 0 atom stereocenters. The summed E-state index contributed by atoms with van der Waals surface area (Å²) in [5.74, 6) is -0.0835. The maximum absolute atomic E-state index is 12.6. The number of hydrogen-bond acceptors (Lipinski definition) is 3. The first kappa shape index (κ1) is 10.6. The molecule has 2 rings (SSSR count). The SMILES string of the molecule is Cc1c(C(F)F)c(=O)oc2cc(O)ccc12. The van der Waals surface area contributed by atoms with E-state index in [0.717, 1.165) is 0 Å². The fourth-order valence-electron chi connectivity index (χ4n) is 1.61. The summed E-state index contributed by atoms with van der Waals surface area (Å²) in [6, 6.07) is 4.01. The van der Waals surface area contributed by atoms with Crippen LogP contribution in [-0.4, -0.2) is 5.11 Å². The van der Waals surface area contributed by atoms with Crippen LogP contribution in [0, 0.1) is 6.92 Å². The highest BCUT2D eigenvalue weighted by molar-refractivity contribution is 5.82. The molecule has 0 fully saturated rings. The number of benzene rings is 1. The summed E-state index contributed by atoms with van der Waals surface area (Å²) in [5.41, 5.74) is -1.41. The number of alkyl halides is 2. The highest BCUT2D eigenvalue weighted by Gasteiger charge is 2.19. The topological polar surface area (TPSA) is 50.4 Å². The summed E-state index contributed by atoms with van der Waals surface area (Å²) < 4.78 is 29.9. The molecule has 5 heteroatoms. The molecule has 0 amide bonds. The Morgan fingerprint density at radius 3 is 2.69 bits per heavy atom. The van der Waals surface area contributed by atoms with Gasteiger partial charge in [0.2, 0.25) is 0 Å². The van der Waals surface area contributed by atoms with Gasteiger partial charge in [0.25, 0.3) is 6.43 Å². The molecule has 0 aliphatic rings. The molecular weight excluding hydrogens is 218 g/mol. The summed E-state index contributed by atoms with van der Waals surface area (Å²) >= 11 is 0. The van der Waals surface area contributed by atoms with E-state index in [4.69, 9.17) is 4.42 Å². The number of phenols is 1. The summed E-state index contributed by atoms with van der Waals surface area (Å²) in [4.78, 5) is 11.3. The summed E-state index contributed by atoms with van der Waals surface area (Å²) in [7, 11) is 0. The number of halogens is 2. The minimum Gasteiger partial charge on any atom is -0.508 e. The van der Waals surface area contributed by atoms with Gasteiger partial charge >= 0.3 is 5.63 Å². The first-order valence-electron chi connectivity index (χ1n) is 4.55. The smallest absolute Gasteiger partial charge is 0.345 e. The zero-order valence-electron chi connectivity index (χ0n) is 8.33. The maximum Gasteiger partial charge on any atom is 0.345 e. The van der Waals surface area contributed by atoms with Gasteiger partial charge in [0.05, 0.1) is 0 Å². The van der Waals surface area contributed by atoms with Crippen LogP contribution in [-0.2, 0) is 0 Å². The monoisotopic (exact) mass is 226 g/mol. The Kier molecular flexibility index (Phi) is 2.38. The molecule has 0 aliphatic heterocycles. The zero-order chi connectivity index (χ0) is 11.9. The molecule has 1 heterocycles. The molecule has 0 bridgehead atoms. The molecule has 0 unspecified atom stereocenters. The van der Waals surface area contributed by atoms with Crippen molar-refractivity contribution < 1.29 is 18.3 Å². The van der Waals surface area contributed by atoms with E-state index in [2.05, 4.69) is 0 Å². The second kappa shape index (κ2) is 3.59. The van der Waals surface area contributed by atoms with Crippen LogP contribution in [0.1, 0.15) is 17.6 Å². The fourth-order valence-corrected chi connectivity index (χ4v) is 1.61. The summed E-state index contributed by atoms with van der Waals surface area (Å²) in [5, 5.41) is 9.58. The van der Waals surface area contributed by atoms with E-state index in [9.17, 15) is 18.7 Å². The van der Waals surface area contributed by atoms with Crippen LogP contribution in [0.25, 0.3) is 11.0 Å². The molecule has 0 saturated carbocycles. The van der Waals surface area contributed by atoms with Gasteiger partial charge in [0.1, 0.15) is 16.9 Å². The molecule has 2 aromatic rings. The van der Waals surface area contributed by atoms with Crippen molar-refractivity contribution in [3.63, 3.8) is 0 Å². The van der Waals surface area contributed by atoms with Crippen molar-refractivity contribution in [2.45, 2.75) is 13.3 Å². The number of rotatable bonds is 1. The number of aromatic hydroxyl groups is 1. The highest BCUT2D eigenvalue weighted by Crippen LogP contribution is 2.27. The molecule has 1 aromatic heterocycles. The normalized spacial score (nSPS) is 11.2. The van der Waals surface area contributed by atoms with Gasteiger partial charge in [-0.15, -0.1) is 0 Å². The summed E-state index contributed by atoms with van der Waals surface area (Å²) in [6.07, 6.45) is -2.87. The minimum atomic E-state index is -2.87. The summed E-state index contributed by atoms with van der Waals surface area (Å²) in [6.45, 7) is 1.43. The van der Waals surface area contributed by atoms with Crippen LogP contribution in [0.4, 0.5) is 8.78 Å². The molecule has 0 radical (unpaired) electrons. The van der Waals surface area contributed by atoms with Crippen molar-refractivity contribution >= 4 is 11.0 Å². The van der Waals surface area contributed by atoms with Crippen LogP contribution < -0.4 is 5.63 Å². The first-order valence-corrected chi connectivity index (χ1v) is 4.55. The number of hydrogen-bond donors (Lipinski definition) is 1. The lowest BCUT2D eigenvalue weighted by Gasteiger charge is -2.06. The molecule has 1 aromatic carbocycles. The minimum absolute atomic E-state index is 0.0835. The fraction of sp³-hybridized carbons (Fsp3) is 0.182. The van der Waals surface area contributed by atoms with Crippen LogP contribution in [0.3, 0.4) is 0 Å². The molecule has 84 valence electrons. The van der Waals surface area contributed by atoms with Gasteiger partial charge in [-0.1, -0.05) is 0 Å².